The Morgan fingerprint density at radius 3 is 2.52 bits per heavy atom. The summed E-state index contributed by atoms with van der Waals surface area (Å²) in [6.07, 6.45) is 1.75. The minimum absolute atomic E-state index is 0.000775. The lowest BCUT2D eigenvalue weighted by molar-refractivity contribution is 0.0771. The molecule has 1 amide bonds. The number of para-hydroxylation sites is 1. The largest absolute Gasteiger partial charge is 0.354 e. The molecule has 0 saturated carbocycles. The predicted molar refractivity (Wildman–Crippen MR) is 113 cm³/mol. The molecular formula is C25H19FN2O. The van der Waals surface area contributed by atoms with Crippen molar-refractivity contribution in [1.82, 2.24) is 9.88 Å². The number of carbonyl (C=O) groups excluding carboxylic acids is 1. The van der Waals surface area contributed by atoms with Gasteiger partial charge in [-0.25, -0.2) is 4.39 Å². The molecule has 1 aliphatic rings. The number of halogens is 1. The van der Waals surface area contributed by atoms with Gasteiger partial charge in [0.1, 0.15) is 5.82 Å². The average Bonchev–Trinajstić information content (AvgIpc) is 3.25. The first-order chi connectivity index (χ1) is 14.2. The first kappa shape index (κ1) is 17.4. The first-order valence-electron chi connectivity index (χ1n) is 9.56. The van der Waals surface area contributed by atoms with Crippen molar-refractivity contribution >= 4 is 16.8 Å². The maximum atomic E-state index is 13.5. The maximum absolute atomic E-state index is 13.5. The summed E-state index contributed by atoms with van der Waals surface area (Å²) in [5.74, 6) is -0.276. The molecule has 1 atom stereocenters. The lowest BCUT2D eigenvalue weighted by atomic mass is 9.93. The van der Waals surface area contributed by atoms with Crippen LogP contribution in [0.5, 0.6) is 0 Å². The van der Waals surface area contributed by atoms with Crippen LogP contribution in [0.2, 0.25) is 0 Å². The molecular weight excluding hydrogens is 363 g/mol. The maximum Gasteiger partial charge on any atom is 0.255 e. The van der Waals surface area contributed by atoms with Crippen molar-refractivity contribution in [3.63, 3.8) is 0 Å². The van der Waals surface area contributed by atoms with Gasteiger partial charge in [-0.2, -0.15) is 0 Å². The van der Waals surface area contributed by atoms with Crippen LogP contribution in [0.1, 0.15) is 27.5 Å². The number of aromatic nitrogens is 1. The third-order valence-electron chi connectivity index (χ3n) is 5.54. The zero-order valence-corrected chi connectivity index (χ0v) is 15.7. The lowest BCUT2D eigenvalue weighted by Gasteiger charge is -2.25. The van der Waals surface area contributed by atoms with Gasteiger partial charge in [0, 0.05) is 28.6 Å². The minimum atomic E-state index is -0.277. The smallest absolute Gasteiger partial charge is 0.255 e. The Morgan fingerprint density at radius 2 is 1.72 bits per heavy atom. The summed E-state index contributed by atoms with van der Waals surface area (Å²) in [5, 5.41) is 1.05. The Morgan fingerprint density at radius 1 is 1.00 bits per heavy atom. The van der Waals surface area contributed by atoms with Gasteiger partial charge in [0.2, 0.25) is 0 Å². The van der Waals surface area contributed by atoms with Crippen molar-refractivity contribution in [2.45, 2.75) is 6.04 Å². The van der Waals surface area contributed by atoms with Crippen LogP contribution in [-0.2, 0) is 0 Å². The zero-order chi connectivity index (χ0) is 20.0. The molecule has 1 N–H and O–H groups in total. The summed E-state index contributed by atoms with van der Waals surface area (Å²) in [4.78, 5) is 18.5. The fourth-order valence-electron chi connectivity index (χ4n) is 4.30. The number of hydrogen-bond donors (Lipinski definition) is 1. The van der Waals surface area contributed by atoms with Gasteiger partial charge in [-0.1, -0.05) is 42.5 Å². The van der Waals surface area contributed by atoms with Crippen LogP contribution < -0.4 is 0 Å². The average molecular weight is 382 g/mol. The highest BCUT2D eigenvalue weighted by atomic mass is 19.1. The number of hydrogen-bond acceptors (Lipinski definition) is 1. The van der Waals surface area contributed by atoms with E-state index in [4.69, 9.17) is 0 Å². The van der Waals surface area contributed by atoms with E-state index in [1.165, 1.54) is 12.1 Å². The van der Waals surface area contributed by atoms with Crippen LogP contribution in [0.15, 0.2) is 85.5 Å². The van der Waals surface area contributed by atoms with Crippen molar-refractivity contribution in [3.8, 4) is 11.3 Å². The van der Waals surface area contributed by atoms with Crippen LogP contribution in [0.25, 0.3) is 22.2 Å². The van der Waals surface area contributed by atoms with Crippen molar-refractivity contribution < 1.29 is 9.18 Å². The topological polar surface area (TPSA) is 36.1 Å². The number of benzene rings is 3. The number of amides is 1. The SMILES string of the molecule is C=CCN1C(=O)c2ccccc2[C@H]1c1c(-c2ccc(F)cc2)[nH]c2ccccc12. The highest BCUT2D eigenvalue weighted by Gasteiger charge is 2.39. The molecule has 1 aromatic heterocycles. The Hall–Kier alpha value is -3.66. The van der Waals surface area contributed by atoms with Crippen LogP contribution in [0.4, 0.5) is 4.39 Å². The second-order valence-electron chi connectivity index (χ2n) is 7.20. The van der Waals surface area contributed by atoms with Gasteiger partial charge in [-0.3, -0.25) is 4.79 Å². The molecule has 4 heteroatoms. The molecule has 0 spiro atoms. The number of carbonyl (C=O) groups is 1. The van der Waals surface area contributed by atoms with Crippen LogP contribution >= 0.6 is 0 Å². The Labute approximate surface area is 168 Å². The molecule has 142 valence electrons. The molecule has 0 fully saturated rings. The van der Waals surface area contributed by atoms with Crippen molar-refractivity contribution in [2.75, 3.05) is 6.54 Å². The minimum Gasteiger partial charge on any atom is -0.354 e. The summed E-state index contributed by atoms with van der Waals surface area (Å²) in [5.41, 5.74) is 5.48. The van der Waals surface area contributed by atoms with Gasteiger partial charge in [0.25, 0.3) is 5.91 Å². The molecule has 2 heterocycles. The van der Waals surface area contributed by atoms with Crippen LogP contribution in [0.3, 0.4) is 0 Å². The number of H-pyrrole nitrogens is 1. The van der Waals surface area contributed by atoms with E-state index in [1.807, 2.05) is 47.4 Å². The Balaban J connectivity index is 1.81. The molecule has 3 aromatic carbocycles. The number of fused-ring (bicyclic) bond motifs is 2. The summed E-state index contributed by atoms with van der Waals surface area (Å²) in [7, 11) is 0. The van der Waals surface area contributed by atoms with E-state index < -0.39 is 0 Å². The van der Waals surface area contributed by atoms with Gasteiger partial charge in [0.15, 0.2) is 0 Å². The number of aromatic amines is 1. The van der Waals surface area contributed by atoms with Crippen molar-refractivity contribution in [1.29, 1.82) is 0 Å². The fourth-order valence-corrected chi connectivity index (χ4v) is 4.30. The van der Waals surface area contributed by atoms with Crippen molar-refractivity contribution in [2.24, 2.45) is 0 Å². The fraction of sp³-hybridized carbons (Fsp3) is 0.0800. The molecule has 0 bridgehead atoms. The molecule has 0 saturated heterocycles. The van der Waals surface area contributed by atoms with Gasteiger partial charge in [-0.05, 0) is 47.5 Å². The van der Waals surface area contributed by atoms with E-state index in [-0.39, 0.29) is 17.8 Å². The third-order valence-corrected chi connectivity index (χ3v) is 5.54. The summed E-state index contributed by atoms with van der Waals surface area (Å²) >= 11 is 0. The van der Waals surface area contributed by atoms with Gasteiger partial charge in [0.05, 0.1) is 11.7 Å². The van der Waals surface area contributed by atoms with Crippen molar-refractivity contribution in [3.05, 3.63) is 108 Å². The summed E-state index contributed by atoms with van der Waals surface area (Å²) in [6.45, 7) is 4.29. The number of rotatable bonds is 4. The Kier molecular flexibility index (Phi) is 4.06. The molecule has 3 nitrogen and oxygen atoms in total. The quantitative estimate of drug-likeness (QED) is 0.451. The lowest BCUT2D eigenvalue weighted by Crippen LogP contribution is -2.29. The molecule has 5 rings (SSSR count). The normalized spacial score (nSPS) is 15.7. The van der Waals surface area contributed by atoms with Gasteiger partial charge < -0.3 is 9.88 Å². The third kappa shape index (κ3) is 2.68. The second kappa shape index (κ2) is 6.74. The second-order valence-corrected chi connectivity index (χ2v) is 7.20. The summed E-state index contributed by atoms with van der Waals surface area (Å²) in [6, 6.07) is 22.0. The number of nitrogens with zero attached hydrogens (tertiary/aromatic N) is 1. The highest BCUT2D eigenvalue weighted by Crippen LogP contribution is 2.45. The van der Waals surface area contributed by atoms with Gasteiger partial charge in [-0.15, -0.1) is 6.58 Å². The number of nitrogens with one attached hydrogen (secondary N) is 1. The highest BCUT2D eigenvalue weighted by molar-refractivity contribution is 6.02. The molecule has 0 radical (unpaired) electrons. The first-order valence-corrected chi connectivity index (χ1v) is 9.56. The summed E-state index contributed by atoms with van der Waals surface area (Å²) < 4.78 is 13.5. The van der Waals surface area contributed by atoms with Crippen LogP contribution in [0, 0.1) is 5.82 Å². The van der Waals surface area contributed by atoms with Crippen LogP contribution in [-0.4, -0.2) is 22.3 Å². The molecule has 4 aromatic rings. The Bertz CT molecular complexity index is 1240. The molecule has 0 unspecified atom stereocenters. The monoisotopic (exact) mass is 382 g/mol. The zero-order valence-electron chi connectivity index (χ0n) is 15.7. The molecule has 1 aliphatic heterocycles. The predicted octanol–water partition coefficient (Wildman–Crippen LogP) is 5.71. The van der Waals surface area contributed by atoms with E-state index in [0.717, 1.165) is 38.9 Å². The molecule has 0 aliphatic carbocycles. The van der Waals surface area contributed by atoms with Gasteiger partial charge >= 0.3 is 0 Å². The van der Waals surface area contributed by atoms with E-state index in [9.17, 15) is 9.18 Å². The van der Waals surface area contributed by atoms with E-state index in [0.29, 0.717) is 6.54 Å². The van der Waals surface area contributed by atoms with E-state index in [2.05, 4.69) is 17.6 Å². The van der Waals surface area contributed by atoms with E-state index >= 15 is 0 Å². The standard InChI is InChI=1S/C25H19FN2O/c1-2-15-28-24(18-7-3-4-8-19(18)25(28)29)22-20-9-5-6-10-21(20)27-23(22)16-11-13-17(26)14-12-16/h2-14,24,27H,1,15H2/t24-/m0/s1. The van der Waals surface area contributed by atoms with E-state index in [1.54, 1.807) is 18.2 Å². The molecule has 29 heavy (non-hydrogen) atoms.